The number of tetrazole rings is 1. The van der Waals surface area contributed by atoms with Gasteiger partial charge in [0.05, 0.1) is 16.8 Å². The summed E-state index contributed by atoms with van der Waals surface area (Å²) < 4.78 is 10.9. The standard InChI is InChI=1S/C18H12N6O4/c1-9-14(16(25)24(21-9)18-19-22-23-20-18)7-12-3-5-15(28-12)10-2-4-13-11(6-10)8-27-17(13)26/h2-7H,8H2,1H3,(H,19,20,22,23). The molecule has 2 aliphatic rings. The van der Waals surface area contributed by atoms with Crippen LogP contribution in [0.3, 0.4) is 0 Å². The summed E-state index contributed by atoms with van der Waals surface area (Å²) >= 11 is 0. The quantitative estimate of drug-likeness (QED) is 0.546. The summed E-state index contributed by atoms with van der Waals surface area (Å²) in [6.45, 7) is 1.97. The molecule has 10 nitrogen and oxygen atoms in total. The van der Waals surface area contributed by atoms with Crippen molar-refractivity contribution in [2.45, 2.75) is 13.5 Å². The predicted molar refractivity (Wildman–Crippen MR) is 96.0 cm³/mol. The second-order valence-electron chi connectivity index (χ2n) is 6.22. The van der Waals surface area contributed by atoms with E-state index >= 15 is 0 Å². The van der Waals surface area contributed by atoms with Crippen LogP contribution in [0.1, 0.15) is 28.6 Å². The molecule has 2 aromatic heterocycles. The van der Waals surface area contributed by atoms with E-state index in [-0.39, 0.29) is 24.4 Å². The van der Waals surface area contributed by atoms with Crippen LogP contribution < -0.4 is 5.01 Å². The normalized spacial score (nSPS) is 17.2. The van der Waals surface area contributed by atoms with Gasteiger partial charge in [-0.15, -0.1) is 5.10 Å². The number of benzene rings is 1. The van der Waals surface area contributed by atoms with Crippen molar-refractivity contribution in [3.63, 3.8) is 0 Å². The molecule has 0 spiro atoms. The highest BCUT2D eigenvalue weighted by atomic mass is 16.5. The fourth-order valence-electron chi connectivity index (χ4n) is 3.08. The number of amides is 1. The monoisotopic (exact) mass is 376 g/mol. The SMILES string of the molecule is CC1=NN(c2nn[nH]n2)C(=O)C1=Cc1ccc(-c2ccc3c(c2)COC3=O)o1. The van der Waals surface area contributed by atoms with E-state index in [2.05, 4.69) is 25.7 Å². The zero-order valence-corrected chi connectivity index (χ0v) is 14.5. The average Bonchev–Trinajstić information content (AvgIpc) is 3.47. The number of H-pyrrole nitrogens is 1. The lowest BCUT2D eigenvalue weighted by molar-refractivity contribution is -0.114. The Bertz CT molecular complexity index is 1170. The molecule has 0 unspecified atom stereocenters. The minimum Gasteiger partial charge on any atom is -0.457 e. The summed E-state index contributed by atoms with van der Waals surface area (Å²) in [6.07, 6.45) is 1.62. The highest BCUT2D eigenvalue weighted by Crippen LogP contribution is 2.29. The molecule has 0 radical (unpaired) electrons. The molecule has 1 amide bonds. The Morgan fingerprint density at radius 1 is 1.21 bits per heavy atom. The van der Waals surface area contributed by atoms with Gasteiger partial charge in [0, 0.05) is 11.1 Å². The number of nitrogens with zero attached hydrogens (tertiary/aromatic N) is 5. The van der Waals surface area contributed by atoms with Crippen molar-refractivity contribution >= 4 is 29.6 Å². The number of hydrogen-bond donors (Lipinski definition) is 1. The number of nitrogens with one attached hydrogen (secondary N) is 1. The van der Waals surface area contributed by atoms with Crippen molar-refractivity contribution in [1.29, 1.82) is 0 Å². The maximum atomic E-state index is 12.6. The van der Waals surface area contributed by atoms with E-state index in [9.17, 15) is 9.59 Å². The van der Waals surface area contributed by atoms with Crippen LogP contribution in [0.2, 0.25) is 0 Å². The van der Waals surface area contributed by atoms with Crippen molar-refractivity contribution in [2.75, 3.05) is 5.01 Å². The van der Waals surface area contributed by atoms with E-state index < -0.39 is 0 Å². The number of cyclic esters (lactones) is 1. The van der Waals surface area contributed by atoms with Gasteiger partial charge in [-0.05, 0) is 42.5 Å². The van der Waals surface area contributed by atoms with Crippen molar-refractivity contribution in [2.24, 2.45) is 5.10 Å². The number of furan rings is 1. The van der Waals surface area contributed by atoms with Gasteiger partial charge in [0.1, 0.15) is 18.1 Å². The smallest absolute Gasteiger partial charge is 0.338 e. The van der Waals surface area contributed by atoms with Crippen LogP contribution in [0.5, 0.6) is 0 Å². The number of anilines is 1. The number of hydrazone groups is 1. The average molecular weight is 376 g/mol. The van der Waals surface area contributed by atoms with Crippen LogP contribution in [0.15, 0.2) is 45.4 Å². The number of esters is 1. The third-order valence-electron chi connectivity index (χ3n) is 4.47. The van der Waals surface area contributed by atoms with Crippen LogP contribution in [0.25, 0.3) is 17.4 Å². The number of aromatic nitrogens is 4. The highest BCUT2D eigenvalue weighted by Gasteiger charge is 2.31. The van der Waals surface area contributed by atoms with Crippen LogP contribution >= 0.6 is 0 Å². The van der Waals surface area contributed by atoms with Gasteiger partial charge in [-0.1, -0.05) is 11.2 Å². The van der Waals surface area contributed by atoms with Crippen LogP contribution in [-0.4, -0.2) is 38.2 Å². The number of rotatable bonds is 3. The molecule has 5 rings (SSSR count). The molecule has 0 aliphatic carbocycles. The first-order valence-corrected chi connectivity index (χ1v) is 8.35. The lowest BCUT2D eigenvalue weighted by Gasteiger charge is -2.04. The van der Waals surface area contributed by atoms with Crippen LogP contribution in [-0.2, 0) is 16.1 Å². The van der Waals surface area contributed by atoms with Gasteiger partial charge in [0.2, 0.25) is 0 Å². The predicted octanol–water partition coefficient (Wildman–Crippen LogP) is 1.94. The van der Waals surface area contributed by atoms with Gasteiger partial charge >= 0.3 is 5.97 Å². The van der Waals surface area contributed by atoms with E-state index in [4.69, 9.17) is 9.15 Å². The molecule has 2 aliphatic heterocycles. The second-order valence-corrected chi connectivity index (χ2v) is 6.22. The number of hydrogen-bond acceptors (Lipinski definition) is 8. The topological polar surface area (TPSA) is 127 Å². The first kappa shape index (κ1) is 16.1. The number of carbonyl (C=O) groups is 2. The molecular formula is C18H12N6O4. The van der Waals surface area contributed by atoms with Crippen LogP contribution in [0.4, 0.5) is 5.95 Å². The Morgan fingerprint density at radius 2 is 2.11 bits per heavy atom. The summed E-state index contributed by atoms with van der Waals surface area (Å²) in [5.41, 5.74) is 3.10. The zero-order chi connectivity index (χ0) is 19.3. The molecule has 0 bridgehead atoms. The second kappa shape index (κ2) is 5.98. The molecule has 0 fully saturated rings. The van der Waals surface area contributed by atoms with E-state index in [1.54, 1.807) is 37.3 Å². The maximum absolute atomic E-state index is 12.6. The maximum Gasteiger partial charge on any atom is 0.338 e. The Balaban J connectivity index is 1.43. The van der Waals surface area contributed by atoms with Gasteiger partial charge < -0.3 is 9.15 Å². The van der Waals surface area contributed by atoms with Gasteiger partial charge in [-0.2, -0.15) is 15.3 Å². The van der Waals surface area contributed by atoms with E-state index in [0.29, 0.717) is 28.4 Å². The molecule has 0 atom stereocenters. The number of fused-ring (bicyclic) bond motifs is 1. The molecule has 1 N–H and O–H groups in total. The van der Waals surface area contributed by atoms with Gasteiger partial charge in [-0.25, -0.2) is 4.79 Å². The Labute approximate surface area is 157 Å². The van der Waals surface area contributed by atoms with Crippen molar-refractivity contribution in [1.82, 2.24) is 20.6 Å². The third-order valence-corrected chi connectivity index (χ3v) is 4.47. The number of ether oxygens (including phenoxy) is 1. The molecule has 1 aromatic carbocycles. The van der Waals surface area contributed by atoms with Gasteiger partial charge in [-0.3, -0.25) is 4.79 Å². The Kier molecular flexibility index (Phi) is 3.44. The first-order valence-electron chi connectivity index (χ1n) is 8.35. The van der Waals surface area contributed by atoms with E-state index in [0.717, 1.165) is 16.1 Å². The van der Waals surface area contributed by atoms with Crippen LogP contribution in [0, 0.1) is 0 Å². The lowest BCUT2D eigenvalue weighted by atomic mass is 10.0. The first-order chi connectivity index (χ1) is 13.6. The molecule has 28 heavy (non-hydrogen) atoms. The molecular weight excluding hydrogens is 364 g/mol. The zero-order valence-electron chi connectivity index (χ0n) is 14.5. The third kappa shape index (κ3) is 2.50. The minimum atomic E-state index is -0.370. The molecule has 0 saturated heterocycles. The van der Waals surface area contributed by atoms with E-state index in [1.165, 1.54) is 0 Å². The molecule has 0 saturated carbocycles. The summed E-state index contributed by atoms with van der Waals surface area (Å²) in [4.78, 5) is 24.2. The molecule has 3 aromatic rings. The number of aromatic amines is 1. The summed E-state index contributed by atoms with van der Waals surface area (Å²) in [6, 6.07) is 8.94. The summed E-state index contributed by atoms with van der Waals surface area (Å²) in [7, 11) is 0. The van der Waals surface area contributed by atoms with Crippen molar-refractivity contribution in [3.8, 4) is 11.3 Å². The Hall–Kier alpha value is -4.08. The molecule has 4 heterocycles. The summed E-state index contributed by atoms with van der Waals surface area (Å²) in [5, 5.41) is 18.5. The molecule has 138 valence electrons. The van der Waals surface area contributed by atoms with Gasteiger partial charge in [0.15, 0.2) is 0 Å². The highest BCUT2D eigenvalue weighted by molar-refractivity contribution is 6.31. The number of carbonyl (C=O) groups excluding carboxylic acids is 2. The minimum absolute atomic E-state index is 0.0720. The largest absolute Gasteiger partial charge is 0.457 e. The van der Waals surface area contributed by atoms with Crippen molar-refractivity contribution in [3.05, 3.63) is 52.8 Å². The van der Waals surface area contributed by atoms with Crippen molar-refractivity contribution < 1.29 is 18.7 Å². The fraction of sp³-hybridized carbons (Fsp3) is 0.111. The van der Waals surface area contributed by atoms with E-state index in [1.807, 2.05) is 6.07 Å². The lowest BCUT2D eigenvalue weighted by Crippen LogP contribution is -2.22. The summed E-state index contributed by atoms with van der Waals surface area (Å²) in [5.74, 6) is 0.500. The Morgan fingerprint density at radius 3 is 2.93 bits per heavy atom. The fourth-order valence-corrected chi connectivity index (χ4v) is 3.08. The molecule has 10 heteroatoms. The van der Waals surface area contributed by atoms with Gasteiger partial charge in [0.25, 0.3) is 11.9 Å².